The van der Waals surface area contributed by atoms with Crippen LogP contribution in [0.1, 0.15) is 29.2 Å². The molecule has 4 nitrogen and oxygen atoms in total. The smallest absolute Gasteiger partial charge is 0.258 e. The van der Waals surface area contributed by atoms with E-state index in [1.807, 2.05) is 42.5 Å². The number of pyridine rings is 1. The average molecular weight is 458 g/mol. The Kier molecular flexibility index (Phi) is 4.75. The quantitative estimate of drug-likeness (QED) is 0.414. The molecular weight excluding hydrogens is 438 g/mol. The highest BCUT2D eigenvalue weighted by molar-refractivity contribution is 9.10. The number of nitrogens with one attached hydrogen (secondary N) is 2. The zero-order chi connectivity index (χ0) is 20.7. The summed E-state index contributed by atoms with van der Waals surface area (Å²) < 4.78 is 1.04. The van der Waals surface area contributed by atoms with Crippen LogP contribution in [0.15, 0.2) is 87.2 Å². The molecule has 5 heteroatoms. The van der Waals surface area contributed by atoms with E-state index in [0.29, 0.717) is 12.0 Å². The zero-order valence-electron chi connectivity index (χ0n) is 16.4. The number of hydrogen-bond acceptors (Lipinski definition) is 3. The third-order valence-electron chi connectivity index (χ3n) is 5.55. The lowest BCUT2D eigenvalue weighted by Crippen LogP contribution is -2.20. The molecule has 1 atom stereocenters. The Morgan fingerprint density at radius 1 is 0.967 bits per heavy atom. The number of H-pyrrole nitrogens is 1. The standard InChI is InChI=1S/C25H20BrN3O/c1-15-7-12-20-19(13-15)23(17-5-3-2-4-6-17)24(25(30)27-20)22-14-21(28-29-22)16-8-10-18(26)11-9-16/h2-13,21,28H,14H2,1H3,(H,27,30)/t21-/m0/s1. The maximum absolute atomic E-state index is 13.2. The highest BCUT2D eigenvalue weighted by Gasteiger charge is 2.26. The summed E-state index contributed by atoms with van der Waals surface area (Å²) in [6, 6.07) is 24.5. The molecule has 0 bridgehead atoms. The van der Waals surface area contributed by atoms with Gasteiger partial charge in [0.2, 0.25) is 0 Å². The van der Waals surface area contributed by atoms with Crippen LogP contribution >= 0.6 is 15.9 Å². The van der Waals surface area contributed by atoms with E-state index in [2.05, 4.69) is 68.7 Å². The minimum Gasteiger partial charge on any atom is -0.321 e. The fraction of sp³-hybridized carbons (Fsp3) is 0.120. The lowest BCUT2D eigenvalue weighted by Gasteiger charge is -2.14. The van der Waals surface area contributed by atoms with Crippen LogP contribution in [0, 0.1) is 6.92 Å². The highest BCUT2D eigenvalue weighted by Crippen LogP contribution is 2.33. The predicted octanol–water partition coefficient (Wildman–Crippen LogP) is 5.70. The molecule has 1 aromatic heterocycles. The normalized spacial score (nSPS) is 15.8. The third kappa shape index (κ3) is 3.35. The molecule has 0 aliphatic carbocycles. The van der Waals surface area contributed by atoms with Gasteiger partial charge < -0.3 is 10.4 Å². The molecule has 2 N–H and O–H groups in total. The molecule has 0 amide bonds. The van der Waals surface area contributed by atoms with Crippen LogP contribution in [0.5, 0.6) is 0 Å². The number of fused-ring (bicyclic) bond motifs is 1. The van der Waals surface area contributed by atoms with Crippen LogP contribution in [0.25, 0.3) is 22.0 Å². The van der Waals surface area contributed by atoms with Gasteiger partial charge in [-0.15, -0.1) is 0 Å². The van der Waals surface area contributed by atoms with E-state index in [0.717, 1.165) is 43.3 Å². The molecule has 4 aromatic rings. The number of nitrogens with zero attached hydrogens (tertiary/aromatic N) is 1. The molecule has 5 rings (SSSR count). The van der Waals surface area contributed by atoms with Crippen LogP contribution in [0.4, 0.5) is 0 Å². The van der Waals surface area contributed by atoms with E-state index in [-0.39, 0.29) is 11.6 Å². The maximum atomic E-state index is 13.2. The molecule has 0 radical (unpaired) electrons. The molecule has 0 spiro atoms. The molecule has 0 saturated carbocycles. The molecule has 2 heterocycles. The van der Waals surface area contributed by atoms with Crippen molar-refractivity contribution in [3.8, 4) is 11.1 Å². The Balaban J connectivity index is 1.67. The largest absolute Gasteiger partial charge is 0.321 e. The third-order valence-corrected chi connectivity index (χ3v) is 6.07. The molecule has 0 fully saturated rings. The fourth-order valence-corrected chi connectivity index (χ4v) is 4.34. The van der Waals surface area contributed by atoms with Gasteiger partial charge in [0.05, 0.1) is 17.3 Å². The summed E-state index contributed by atoms with van der Waals surface area (Å²) in [5.74, 6) is 0. The summed E-state index contributed by atoms with van der Waals surface area (Å²) in [7, 11) is 0. The first-order chi connectivity index (χ1) is 14.6. The number of hydrazone groups is 1. The maximum Gasteiger partial charge on any atom is 0.258 e. The average Bonchev–Trinajstić information content (AvgIpc) is 3.24. The molecular formula is C25H20BrN3O. The Bertz CT molecular complexity index is 1320. The van der Waals surface area contributed by atoms with Crippen molar-refractivity contribution in [3.05, 3.63) is 104 Å². The Morgan fingerprint density at radius 2 is 1.73 bits per heavy atom. The second kappa shape index (κ2) is 7.58. The van der Waals surface area contributed by atoms with Gasteiger partial charge in [-0.3, -0.25) is 4.79 Å². The number of rotatable bonds is 3. The Labute approximate surface area is 182 Å². The summed E-state index contributed by atoms with van der Waals surface area (Å²) in [4.78, 5) is 16.3. The van der Waals surface area contributed by atoms with Gasteiger partial charge >= 0.3 is 0 Å². The zero-order valence-corrected chi connectivity index (χ0v) is 18.0. The van der Waals surface area contributed by atoms with Crippen LogP contribution in [-0.4, -0.2) is 10.7 Å². The van der Waals surface area contributed by atoms with E-state index in [4.69, 9.17) is 0 Å². The molecule has 0 saturated heterocycles. The van der Waals surface area contributed by atoms with Crippen LogP contribution in [-0.2, 0) is 0 Å². The molecule has 3 aromatic carbocycles. The Hall–Kier alpha value is -3.18. The van der Waals surface area contributed by atoms with Crippen molar-refractivity contribution in [1.82, 2.24) is 10.4 Å². The summed E-state index contributed by atoms with van der Waals surface area (Å²) in [5.41, 5.74) is 9.63. The summed E-state index contributed by atoms with van der Waals surface area (Å²) >= 11 is 3.48. The fourth-order valence-electron chi connectivity index (χ4n) is 4.07. The van der Waals surface area contributed by atoms with Gasteiger partial charge in [-0.2, -0.15) is 5.10 Å². The molecule has 1 aliphatic rings. The van der Waals surface area contributed by atoms with E-state index in [1.54, 1.807) is 0 Å². The first-order valence-corrected chi connectivity index (χ1v) is 10.7. The van der Waals surface area contributed by atoms with Crippen molar-refractivity contribution in [2.75, 3.05) is 0 Å². The van der Waals surface area contributed by atoms with Crippen molar-refractivity contribution in [3.63, 3.8) is 0 Å². The van der Waals surface area contributed by atoms with Crippen molar-refractivity contribution in [1.29, 1.82) is 0 Å². The number of aryl methyl sites for hydroxylation is 1. The van der Waals surface area contributed by atoms with Crippen molar-refractivity contribution in [2.45, 2.75) is 19.4 Å². The molecule has 148 valence electrons. The second-order valence-corrected chi connectivity index (χ2v) is 8.53. The minimum atomic E-state index is -0.109. The minimum absolute atomic E-state index is 0.0457. The van der Waals surface area contributed by atoms with Gasteiger partial charge in [-0.1, -0.05) is 70.0 Å². The first kappa shape index (κ1) is 18.8. The number of hydrogen-bond donors (Lipinski definition) is 2. The topological polar surface area (TPSA) is 57.2 Å². The molecule has 30 heavy (non-hydrogen) atoms. The van der Waals surface area contributed by atoms with Crippen molar-refractivity contribution in [2.24, 2.45) is 5.10 Å². The predicted molar refractivity (Wildman–Crippen MR) is 126 cm³/mol. The van der Waals surface area contributed by atoms with Crippen molar-refractivity contribution < 1.29 is 0 Å². The van der Waals surface area contributed by atoms with Crippen LogP contribution < -0.4 is 11.0 Å². The van der Waals surface area contributed by atoms with Crippen LogP contribution in [0.3, 0.4) is 0 Å². The first-order valence-electron chi connectivity index (χ1n) is 9.90. The number of aromatic amines is 1. The van der Waals surface area contributed by atoms with E-state index >= 15 is 0 Å². The Morgan fingerprint density at radius 3 is 2.50 bits per heavy atom. The second-order valence-electron chi connectivity index (χ2n) is 7.62. The van der Waals surface area contributed by atoms with Crippen LogP contribution in [0.2, 0.25) is 0 Å². The number of benzene rings is 3. The number of aromatic nitrogens is 1. The van der Waals surface area contributed by atoms with E-state index in [9.17, 15) is 4.79 Å². The summed E-state index contributed by atoms with van der Waals surface area (Å²) in [5, 5.41) is 5.63. The lowest BCUT2D eigenvalue weighted by molar-refractivity contribution is 0.620. The lowest BCUT2D eigenvalue weighted by atomic mass is 9.91. The molecule has 1 aliphatic heterocycles. The van der Waals surface area contributed by atoms with Gasteiger partial charge in [-0.25, -0.2) is 0 Å². The van der Waals surface area contributed by atoms with Gasteiger partial charge in [0.15, 0.2) is 0 Å². The number of halogens is 1. The van der Waals surface area contributed by atoms with E-state index < -0.39 is 0 Å². The molecule has 0 unspecified atom stereocenters. The van der Waals surface area contributed by atoms with Gasteiger partial charge in [-0.05, 0) is 42.3 Å². The summed E-state index contributed by atoms with van der Waals surface area (Å²) in [6.45, 7) is 2.07. The van der Waals surface area contributed by atoms with Gasteiger partial charge in [0, 0.05) is 27.4 Å². The highest BCUT2D eigenvalue weighted by atomic mass is 79.9. The van der Waals surface area contributed by atoms with Gasteiger partial charge in [0.1, 0.15) is 0 Å². The SMILES string of the molecule is Cc1ccc2[nH]c(=O)c(C3=NN[C@H](c4ccc(Br)cc4)C3)c(-c3ccccc3)c2c1. The summed E-state index contributed by atoms with van der Waals surface area (Å²) in [6.07, 6.45) is 0.655. The van der Waals surface area contributed by atoms with E-state index in [1.165, 1.54) is 0 Å². The van der Waals surface area contributed by atoms with Crippen molar-refractivity contribution >= 4 is 32.5 Å². The monoisotopic (exact) mass is 457 g/mol. The van der Waals surface area contributed by atoms with Gasteiger partial charge in [0.25, 0.3) is 5.56 Å².